The van der Waals surface area contributed by atoms with Crippen LogP contribution in [-0.4, -0.2) is 35.1 Å². The van der Waals surface area contributed by atoms with Crippen LogP contribution in [0.25, 0.3) is 0 Å². The second-order valence-corrected chi connectivity index (χ2v) is 10.7. The number of anilines is 1. The van der Waals surface area contributed by atoms with Gasteiger partial charge in [-0.2, -0.15) is 13.2 Å². The van der Waals surface area contributed by atoms with Crippen LogP contribution in [0.3, 0.4) is 0 Å². The summed E-state index contributed by atoms with van der Waals surface area (Å²) in [5.74, 6) is 0.197. The van der Waals surface area contributed by atoms with Gasteiger partial charge in [-0.15, -0.1) is 0 Å². The molecule has 1 amide bonds. The number of halogens is 4. The number of hydrogen-bond acceptors (Lipinski definition) is 5. The number of aryl methyl sites for hydroxylation is 1. The molecule has 7 nitrogen and oxygen atoms in total. The van der Waals surface area contributed by atoms with Crippen LogP contribution in [0.15, 0.2) is 65.6 Å². The van der Waals surface area contributed by atoms with E-state index in [1.165, 1.54) is 26.4 Å². The summed E-state index contributed by atoms with van der Waals surface area (Å²) in [5, 5.41) is 2.08. The van der Waals surface area contributed by atoms with Crippen molar-refractivity contribution in [2.24, 2.45) is 0 Å². The van der Waals surface area contributed by atoms with E-state index in [0.29, 0.717) is 27.4 Å². The molecule has 0 aliphatic rings. The molecule has 12 heteroatoms. The van der Waals surface area contributed by atoms with Crippen molar-refractivity contribution in [2.75, 3.05) is 25.1 Å². The van der Waals surface area contributed by atoms with Gasteiger partial charge in [-0.1, -0.05) is 29.3 Å². The van der Waals surface area contributed by atoms with Gasteiger partial charge < -0.3 is 14.8 Å². The number of amides is 1. The summed E-state index contributed by atoms with van der Waals surface area (Å²) >= 11 is 5.74. The second kappa shape index (κ2) is 11.5. The summed E-state index contributed by atoms with van der Waals surface area (Å²) in [6, 6.07) is 12.7. The molecule has 0 aromatic heterocycles. The van der Waals surface area contributed by atoms with Crippen LogP contribution in [0.4, 0.5) is 18.9 Å². The lowest BCUT2D eigenvalue weighted by atomic mass is 10.1. The molecule has 0 saturated heterocycles. The van der Waals surface area contributed by atoms with E-state index in [9.17, 15) is 26.4 Å². The molecule has 3 aromatic rings. The van der Waals surface area contributed by atoms with E-state index in [-0.39, 0.29) is 10.6 Å². The first-order valence-electron chi connectivity index (χ1n) is 11.3. The fraction of sp³-hybridized carbons (Fsp3) is 0.269. The van der Waals surface area contributed by atoms with Crippen molar-refractivity contribution < 1.29 is 35.9 Å². The molecule has 204 valence electrons. The molecule has 3 aromatic carbocycles. The van der Waals surface area contributed by atoms with Gasteiger partial charge in [-0.25, -0.2) is 8.42 Å². The van der Waals surface area contributed by atoms with Gasteiger partial charge in [0, 0.05) is 5.56 Å². The predicted molar refractivity (Wildman–Crippen MR) is 138 cm³/mol. The Bertz CT molecular complexity index is 1410. The Hall–Kier alpha value is -3.44. The second-order valence-electron chi connectivity index (χ2n) is 8.38. The van der Waals surface area contributed by atoms with Crippen LogP contribution in [0.5, 0.6) is 11.5 Å². The molecule has 0 heterocycles. The van der Waals surface area contributed by atoms with Gasteiger partial charge in [-0.3, -0.25) is 9.10 Å². The lowest BCUT2D eigenvalue weighted by Gasteiger charge is -2.26. The number of ether oxygens (including phenoxy) is 2. The molecule has 0 aliphatic heterocycles. The Kier molecular flexibility index (Phi) is 8.83. The predicted octanol–water partition coefficient (Wildman–Crippen LogP) is 5.76. The molecule has 0 unspecified atom stereocenters. The number of rotatable bonds is 9. The van der Waals surface area contributed by atoms with E-state index in [2.05, 4.69) is 5.32 Å². The molecule has 38 heavy (non-hydrogen) atoms. The summed E-state index contributed by atoms with van der Waals surface area (Å²) in [6.07, 6.45) is -4.84. The fourth-order valence-corrected chi connectivity index (χ4v) is 5.35. The SMILES string of the molecule is COc1ccc(OC)c([C@H](C)NC(=O)CN(c2ccc(Cl)c(C(F)(F)F)c2)S(=O)(=O)c2ccc(C)cc2)c1. The Labute approximate surface area is 224 Å². The summed E-state index contributed by atoms with van der Waals surface area (Å²) in [5.41, 5.74) is -0.265. The first-order chi connectivity index (χ1) is 17.8. The van der Waals surface area contributed by atoms with Crippen LogP contribution in [0, 0.1) is 6.92 Å². The summed E-state index contributed by atoms with van der Waals surface area (Å²) in [7, 11) is -1.52. The third kappa shape index (κ3) is 6.51. The highest BCUT2D eigenvalue weighted by Gasteiger charge is 2.35. The molecule has 0 fully saturated rings. The topological polar surface area (TPSA) is 84.9 Å². The van der Waals surface area contributed by atoms with Crippen LogP contribution in [0.1, 0.15) is 29.7 Å². The Morgan fingerprint density at radius 1 is 1.03 bits per heavy atom. The highest BCUT2D eigenvalue weighted by atomic mass is 35.5. The van der Waals surface area contributed by atoms with Crippen molar-refractivity contribution in [1.29, 1.82) is 0 Å². The molecular formula is C26H26ClF3N2O5S. The Morgan fingerprint density at radius 2 is 1.68 bits per heavy atom. The third-order valence-electron chi connectivity index (χ3n) is 5.72. The maximum atomic E-state index is 13.6. The van der Waals surface area contributed by atoms with Crippen LogP contribution < -0.4 is 19.1 Å². The van der Waals surface area contributed by atoms with Gasteiger partial charge >= 0.3 is 6.18 Å². The Balaban J connectivity index is 2.01. The molecule has 0 radical (unpaired) electrons. The van der Waals surface area contributed by atoms with Gasteiger partial charge in [0.25, 0.3) is 10.0 Å². The number of carbonyl (C=O) groups excluding carboxylic acids is 1. The minimum absolute atomic E-state index is 0.193. The summed E-state index contributed by atoms with van der Waals surface area (Å²) < 4.78 is 79.0. The number of benzene rings is 3. The van der Waals surface area contributed by atoms with E-state index < -0.39 is 45.3 Å². The standard InChI is InChI=1S/C26H26ClF3N2O5S/c1-16-5-9-20(10-6-16)38(34,35)32(18-7-11-23(27)22(13-18)26(28,29)30)15-25(33)31-17(2)21-14-19(36-3)8-12-24(21)37-4/h5-14,17H,15H2,1-4H3,(H,31,33)/t17-/m0/s1. The van der Waals surface area contributed by atoms with E-state index in [0.717, 1.165) is 17.7 Å². The monoisotopic (exact) mass is 570 g/mol. The number of carbonyl (C=O) groups is 1. The van der Waals surface area contributed by atoms with Crippen LogP contribution >= 0.6 is 11.6 Å². The number of nitrogens with zero attached hydrogens (tertiary/aromatic N) is 1. The molecule has 0 bridgehead atoms. The first kappa shape index (κ1) is 29.1. The van der Waals surface area contributed by atoms with Crippen LogP contribution in [0.2, 0.25) is 5.02 Å². The van der Waals surface area contributed by atoms with Crippen LogP contribution in [-0.2, 0) is 21.0 Å². The highest BCUT2D eigenvalue weighted by molar-refractivity contribution is 7.92. The smallest absolute Gasteiger partial charge is 0.417 e. The molecule has 1 atom stereocenters. The van der Waals surface area contributed by atoms with Gasteiger partial charge in [0.05, 0.1) is 41.4 Å². The number of nitrogens with one attached hydrogen (secondary N) is 1. The average Bonchev–Trinajstić information content (AvgIpc) is 2.86. The minimum Gasteiger partial charge on any atom is -0.497 e. The van der Waals surface area contributed by atoms with Crippen molar-refractivity contribution in [3.8, 4) is 11.5 Å². The normalized spacial score (nSPS) is 12.5. The zero-order chi connectivity index (χ0) is 28.3. The van der Waals surface area contributed by atoms with Gasteiger partial charge in [0.2, 0.25) is 5.91 Å². The van der Waals surface area contributed by atoms with Crippen molar-refractivity contribution in [1.82, 2.24) is 5.32 Å². The van der Waals surface area contributed by atoms with E-state index in [4.69, 9.17) is 21.1 Å². The Morgan fingerprint density at radius 3 is 2.26 bits per heavy atom. The average molecular weight is 571 g/mol. The molecule has 0 saturated carbocycles. The van der Waals surface area contributed by atoms with E-state index >= 15 is 0 Å². The van der Waals surface area contributed by atoms with Gasteiger partial charge in [0.15, 0.2) is 0 Å². The number of alkyl halides is 3. The van der Waals surface area contributed by atoms with Crippen molar-refractivity contribution in [3.05, 3.63) is 82.4 Å². The number of hydrogen-bond donors (Lipinski definition) is 1. The zero-order valence-electron chi connectivity index (χ0n) is 21.0. The first-order valence-corrected chi connectivity index (χ1v) is 13.1. The maximum absolute atomic E-state index is 13.6. The fourth-order valence-electron chi connectivity index (χ4n) is 3.71. The maximum Gasteiger partial charge on any atom is 0.417 e. The van der Waals surface area contributed by atoms with Crippen molar-refractivity contribution in [3.63, 3.8) is 0 Å². The number of methoxy groups -OCH3 is 2. The lowest BCUT2D eigenvalue weighted by molar-refractivity contribution is -0.137. The van der Waals surface area contributed by atoms with Gasteiger partial charge in [0.1, 0.15) is 18.0 Å². The van der Waals surface area contributed by atoms with Gasteiger partial charge in [-0.05, 0) is 62.4 Å². The quantitative estimate of drug-likeness (QED) is 0.354. The minimum atomic E-state index is -4.84. The third-order valence-corrected chi connectivity index (χ3v) is 7.84. The highest BCUT2D eigenvalue weighted by Crippen LogP contribution is 2.38. The van der Waals surface area contributed by atoms with Crippen molar-refractivity contribution in [2.45, 2.75) is 31.0 Å². The molecule has 1 N–H and O–H groups in total. The number of sulfonamides is 1. The lowest BCUT2D eigenvalue weighted by Crippen LogP contribution is -2.41. The molecule has 0 spiro atoms. The molecular weight excluding hydrogens is 545 g/mol. The van der Waals surface area contributed by atoms with E-state index in [1.54, 1.807) is 44.2 Å². The zero-order valence-corrected chi connectivity index (χ0v) is 22.5. The molecule has 0 aliphatic carbocycles. The largest absolute Gasteiger partial charge is 0.497 e. The van der Waals surface area contributed by atoms with Crippen molar-refractivity contribution >= 4 is 33.2 Å². The summed E-state index contributed by atoms with van der Waals surface area (Å²) in [6.45, 7) is 2.61. The summed E-state index contributed by atoms with van der Waals surface area (Å²) in [4.78, 5) is 12.9. The molecule has 3 rings (SSSR count). The van der Waals surface area contributed by atoms with E-state index in [1.807, 2.05) is 0 Å².